The van der Waals surface area contributed by atoms with Gasteiger partial charge in [-0.05, 0) is 52.4 Å². The molecule has 0 aromatic carbocycles. The average molecular weight is 296 g/mol. The van der Waals surface area contributed by atoms with Crippen molar-refractivity contribution in [3.63, 3.8) is 0 Å². The van der Waals surface area contributed by atoms with Gasteiger partial charge >= 0.3 is 0 Å². The minimum absolute atomic E-state index is 0.0886. The van der Waals surface area contributed by atoms with Crippen molar-refractivity contribution in [3.05, 3.63) is 0 Å². The standard InChI is InChI=1S/C18H36N2O/c1-14(2)15-8-7-9-18(10-15,11-19)20-12-16(3,4)21-17(5,6)13-20/h14-15H,7-13,19H2,1-6H3. The average Bonchev–Trinajstić information content (AvgIpc) is 2.35. The highest BCUT2D eigenvalue weighted by molar-refractivity contribution is 5.02. The maximum Gasteiger partial charge on any atom is 0.0761 e. The van der Waals surface area contributed by atoms with E-state index in [1.54, 1.807) is 0 Å². The summed E-state index contributed by atoms with van der Waals surface area (Å²) in [5, 5.41) is 0. The largest absolute Gasteiger partial charge is 0.367 e. The number of nitrogens with zero attached hydrogens (tertiary/aromatic N) is 1. The van der Waals surface area contributed by atoms with Crippen LogP contribution in [-0.2, 0) is 4.74 Å². The number of ether oxygens (including phenoxy) is 1. The maximum absolute atomic E-state index is 6.33. The van der Waals surface area contributed by atoms with Crippen molar-refractivity contribution in [2.24, 2.45) is 17.6 Å². The molecule has 2 unspecified atom stereocenters. The zero-order chi connectivity index (χ0) is 15.9. The summed E-state index contributed by atoms with van der Waals surface area (Å²) < 4.78 is 6.26. The number of hydrogen-bond donors (Lipinski definition) is 1. The fraction of sp³-hybridized carbons (Fsp3) is 1.00. The molecule has 2 rings (SSSR count). The summed E-state index contributed by atoms with van der Waals surface area (Å²) in [6.45, 7) is 16.4. The molecular formula is C18H36N2O. The van der Waals surface area contributed by atoms with E-state index in [9.17, 15) is 0 Å². The van der Waals surface area contributed by atoms with E-state index in [2.05, 4.69) is 46.4 Å². The Labute approximate surface area is 131 Å². The molecule has 1 saturated carbocycles. The summed E-state index contributed by atoms with van der Waals surface area (Å²) in [5.41, 5.74) is 6.33. The molecule has 2 aliphatic rings. The topological polar surface area (TPSA) is 38.5 Å². The molecule has 0 aromatic heterocycles. The fourth-order valence-corrected chi connectivity index (χ4v) is 4.68. The minimum Gasteiger partial charge on any atom is -0.367 e. The SMILES string of the molecule is CC(C)C1CCCC(CN)(N2CC(C)(C)OC(C)(C)C2)C1. The van der Waals surface area contributed by atoms with Crippen LogP contribution in [0.2, 0.25) is 0 Å². The van der Waals surface area contributed by atoms with Gasteiger partial charge in [0, 0.05) is 25.2 Å². The molecule has 0 radical (unpaired) electrons. The molecule has 3 heteroatoms. The lowest BCUT2D eigenvalue weighted by Gasteiger charge is -2.56. The van der Waals surface area contributed by atoms with Crippen molar-refractivity contribution in [1.82, 2.24) is 4.90 Å². The van der Waals surface area contributed by atoms with Gasteiger partial charge in [-0.25, -0.2) is 0 Å². The molecule has 1 saturated heterocycles. The molecule has 0 aromatic rings. The highest BCUT2D eigenvalue weighted by Gasteiger charge is 2.48. The Kier molecular flexibility index (Phi) is 4.78. The first-order chi connectivity index (χ1) is 9.59. The van der Waals surface area contributed by atoms with Crippen LogP contribution in [0.3, 0.4) is 0 Å². The predicted octanol–water partition coefficient (Wildman–Crippen LogP) is 3.42. The van der Waals surface area contributed by atoms with Gasteiger partial charge in [0.05, 0.1) is 11.2 Å². The van der Waals surface area contributed by atoms with Gasteiger partial charge in [-0.15, -0.1) is 0 Å². The van der Waals surface area contributed by atoms with Crippen molar-refractivity contribution >= 4 is 0 Å². The second-order valence-corrected chi connectivity index (χ2v) is 9.01. The minimum atomic E-state index is -0.0886. The second kappa shape index (κ2) is 5.82. The van der Waals surface area contributed by atoms with Crippen molar-refractivity contribution < 1.29 is 4.74 Å². The van der Waals surface area contributed by atoms with Crippen LogP contribution in [0.1, 0.15) is 67.2 Å². The van der Waals surface area contributed by atoms with Gasteiger partial charge in [0.1, 0.15) is 0 Å². The van der Waals surface area contributed by atoms with Crippen LogP contribution in [0.15, 0.2) is 0 Å². The van der Waals surface area contributed by atoms with Gasteiger partial charge in [-0.1, -0.05) is 26.7 Å². The number of rotatable bonds is 3. The smallest absolute Gasteiger partial charge is 0.0761 e. The molecular weight excluding hydrogens is 260 g/mol. The maximum atomic E-state index is 6.33. The Morgan fingerprint density at radius 1 is 1.14 bits per heavy atom. The van der Waals surface area contributed by atoms with E-state index in [1.807, 2.05) is 0 Å². The van der Waals surface area contributed by atoms with Gasteiger partial charge in [-0.3, -0.25) is 4.90 Å². The third kappa shape index (κ3) is 3.80. The summed E-state index contributed by atoms with van der Waals surface area (Å²) in [4.78, 5) is 2.67. The van der Waals surface area contributed by atoms with Crippen LogP contribution in [0.25, 0.3) is 0 Å². The summed E-state index contributed by atoms with van der Waals surface area (Å²) in [7, 11) is 0. The van der Waals surface area contributed by atoms with E-state index in [4.69, 9.17) is 10.5 Å². The Bertz CT molecular complexity index is 348. The van der Waals surface area contributed by atoms with Crippen molar-refractivity contribution in [2.45, 2.75) is 84.0 Å². The highest BCUT2D eigenvalue weighted by Crippen LogP contribution is 2.42. The number of nitrogens with two attached hydrogens (primary N) is 1. The van der Waals surface area contributed by atoms with Gasteiger partial charge in [0.25, 0.3) is 0 Å². The van der Waals surface area contributed by atoms with Crippen LogP contribution >= 0.6 is 0 Å². The van der Waals surface area contributed by atoms with Crippen LogP contribution in [0.4, 0.5) is 0 Å². The molecule has 2 atom stereocenters. The van der Waals surface area contributed by atoms with Crippen LogP contribution in [-0.4, -0.2) is 41.3 Å². The molecule has 2 N–H and O–H groups in total. The molecule has 0 spiro atoms. The first-order valence-corrected chi connectivity index (χ1v) is 8.74. The van der Waals surface area contributed by atoms with Gasteiger partial charge in [-0.2, -0.15) is 0 Å². The zero-order valence-corrected chi connectivity index (χ0v) is 15.0. The quantitative estimate of drug-likeness (QED) is 0.867. The normalized spacial score (nSPS) is 36.9. The Balaban J connectivity index is 2.23. The number of hydrogen-bond acceptors (Lipinski definition) is 3. The highest BCUT2D eigenvalue weighted by atomic mass is 16.5. The molecule has 1 heterocycles. The summed E-state index contributed by atoms with van der Waals surface area (Å²) in [5.74, 6) is 1.58. The first-order valence-electron chi connectivity index (χ1n) is 8.74. The molecule has 124 valence electrons. The van der Waals surface area contributed by atoms with E-state index in [-0.39, 0.29) is 16.7 Å². The van der Waals surface area contributed by atoms with Crippen LogP contribution < -0.4 is 5.73 Å². The Hall–Kier alpha value is -0.120. The van der Waals surface area contributed by atoms with E-state index < -0.39 is 0 Å². The van der Waals surface area contributed by atoms with Crippen LogP contribution in [0, 0.1) is 11.8 Å². The summed E-state index contributed by atoms with van der Waals surface area (Å²) in [6.07, 6.45) is 5.20. The second-order valence-electron chi connectivity index (χ2n) is 9.01. The van der Waals surface area contributed by atoms with E-state index in [1.165, 1.54) is 25.7 Å². The number of morpholine rings is 1. The van der Waals surface area contributed by atoms with Crippen molar-refractivity contribution in [1.29, 1.82) is 0 Å². The van der Waals surface area contributed by atoms with Crippen LogP contribution in [0.5, 0.6) is 0 Å². The van der Waals surface area contributed by atoms with Gasteiger partial charge < -0.3 is 10.5 Å². The molecule has 0 amide bonds. The summed E-state index contributed by atoms with van der Waals surface area (Å²) >= 11 is 0. The molecule has 2 fully saturated rings. The van der Waals surface area contributed by atoms with E-state index in [0.717, 1.165) is 31.5 Å². The lowest BCUT2D eigenvalue weighted by molar-refractivity contribution is -0.204. The van der Waals surface area contributed by atoms with E-state index in [0.29, 0.717) is 0 Å². The van der Waals surface area contributed by atoms with Crippen molar-refractivity contribution in [3.8, 4) is 0 Å². The molecule has 21 heavy (non-hydrogen) atoms. The van der Waals surface area contributed by atoms with Gasteiger partial charge in [0.15, 0.2) is 0 Å². The van der Waals surface area contributed by atoms with E-state index >= 15 is 0 Å². The molecule has 0 bridgehead atoms. The zero-order valence-electron chi connectivity index (χ0n) is 15.0. The lowest BCUT2D eigenvalue weighted by atomic mass is 9.70. The molecule has 1 aliphatic heterocycles. The monoisotopic (exact) mass is 296 g/mol. The third-order valence-corrected chi connectivity index (χ3v) is 5.55. The molecule has 3 nitrogen and oxygen atoms in total. The Morgan fingerprint density at radius 2 is 1.71 bits per heavy atom. The first kappa shape index (κ1) is 17.2. The van der Waals surface area contributed by atoms with Crippen molar-refractivity contribution in [2.75, 3.05) is 19.6 Å². The van der Waals surface area contributed by atoms with Gasteiger partial charge in [0.2, 0.25) is 0 Å². The third-order valence-electron chi connectivity index (χ3n) is 5.55. The summed E-state index contributed by atoms with van der Waals surface area (Å²) in [6, 6.07) is 0. The fourth-order valence-electron chi connectivity index (χ4n) is 4.68. The molecule has 1 aliphatic carbocycles. The predicted molar refractivity (Wildman–Crippen MR) is 89.4 cm³/mol. The lowest BCUT2D eigenvalue weighted by Crippen LogP contribution is -2.67. The Morgan fingerprint density at radius 3 is 2.19 bits per heavy atom.